The lowest BCUT2D eigenvalue weighted by molar-refractivity contribution is -0.118. The summed E-state index contributed by atoms with van der Waals surface area (Å²) in [4.78, 5) is 11.8. The zero-order valence-corrected chi connectivity index (χ0v) is 15.7. The van der Waals surface area contributed by atoms with Crippen molar-refractivity contribution in [2.45, 2.75) is 19.1 Å². The SMILES string of the molecule is CCCNC(=O)CSCc1cn(-c2ccccc2)nc1-c1ccccc1. The fourth-order valence-electron chi connectivity index (χ4n) is 2.64. The molecule has 3 aromatic rings. The van der Waals surface area contributed by atoms with Gasteiger partial charge in [0.05, 0.1) is 17.1 Å². The molecule has 26 heavy (non-hydrogen) atoms. The van der Waals surface area contributed by atoms with Crippen molar-refractivity contribution in [3.8, 4) is 16.9 Å². The van der Waals surface area contributed by atoms with Gasteiger partial charge in [0.2, 0.25) is 5.91 Å². The van der Waals surface area contributed by atoms with Crippen molar-refractivity contribution in [2.75, 3.05) is 12.3 Å². The number of para-hydroxylation sites is 1. The lowest BCUT2D eigenvalue weighted by Gasteiger charge is -2.04. The predicted molar refractivity (Wildman–Crippen MR) is 108 cm³/mol. The molecule has 0 radical (unpaired) electrons. The van der Waals surface area contributed by atoms with Gasteiger partial charge in [-0.3, -0.25) is 4.79 Å². The minimum atomic E-state index is 0.0913. The Bertz CT molecular complexity index is 831. The molecule has 0 saturated heterocycles. The van der Waals surface area contributed by atoms with E-state index in [1.165, 1.54) is 0 Å². The molecule has 0 unspecified atom stereocenters. The molecule has 2 aromatic carbocycles. The molecule has 1 amide bonds. The summed E-state index contributed by atoms with van der Waals surface area (Å²) in [7, 11) is 0. The van der Waals surface area contributed by atoms with Gasteiger partial charge in [-0.05, 0) is 18.6 Å². The van der Waals surface area contributed by atoms with Crippen LogP contribution in [-0.4, -0.2) is 28.0 Å². The Morgan fingerprint density at radius 2 is 1.77 bits per heavy atom. The third-order valence-electron chi connectivity index (χ3n) is 3.92. The van der Waals surface area contributed by atoms with Crippen molar-refractivity contribution in [3.05, 3.63) is 72.4 Å². The summed E-state index contributed by atoms with van der Waals surface area (Å²) in [6, 6.07) is 20.3. The van der Waals surface area contributed by atoms with Gasteiger partial charge in [-0.15, -0.1) is 11.8 Å². The summed E-state index contributed by atoms with van der Waals surface area (Å²) in [6.45, 7) is 2.79. The van der Waals surface area contributed by atoms with Gasteiger partial charge in [-0.2, -0.15) is 5.10 Å². The first-order valence-corrected chi connectivity index (χ1v) is 9.97. The van der Waals surface area contributed by atoms with Crippen LogP contribution >= 0.6 is 11.8 Å². The van der Waals surface area contributed by atoms with Crippen molar-refractivity contribution >= 4 is 17.7 Å². The van der Waals surface area contributed by atoms with Gasteiger partial charge >= 0.3 is 0 Å². The van der Waals surface area contributed by atoms with Crippen LogP contribution in [0.1, 0.15) is 18.9 Å². The summed E-state index contributed by atoms with van der Waals surface area (Å²) in [6.07, 6.45) is 3.02. The van der Waals surface area contributed by atoms with E-state index in [0.29, 0.717) is 5.75 Å². The van der Waals surface area contributed by atoms with E-state index >= 15 is 0 Å². The maximum absolute atomic E-state index is 11.8. The standard InChI is InChI=1S/C21H23N3OS/c1-2-13-22-20(25)16-26-15-18-14-24(19-11-7-4-8-12-19)23-21(18)17-9-5-3-6-10-17/h3-12,14H,2,13,15-16H2,1H3,(H,22,25). The van der Waals surface area contributed by atoms with Crippen molar-refractivity contribution in [1.82, 2.24) is 15.1 Å². The minimum Gasteiger partial charge on any atom is -0.355 e. The highest BCUT2D eigenvalue weighted by Gasteiger charge is 2.13. The number of rotatable bonds is 8. The van der Waals surface area contributed by atoms with Crippen molar-refractivity contribution in [2.24, 2.45) is 0 Å². The van der Waals surface area contributed by atoms with E-state index < -0.39 is 0 Å². The van der Waals surface area contributed by atoms with Crippen LogP contribution in [0.3, 0.4) is 0 Å². The minimum absolute atomic E-state index is 0.0913. The molecule has 0 saturated carbocycles. The number of carbonyl (C=O) groups is 1. The number of thioether (sulfide) groups is 1. The number of carbonyl (C=O) groups excluding carboxylic acids is 1. The van der Waals surface area contributed by atoms with Crippen LogP contribution in [0, 0.1) is 0 Å². The molecule has 5 heteroatoms. The van der Waals surface area contributed by atoms with E-state index in [1.54, 1.807) is 11.8 Å². The maximum Gasteiger partial charge on any atom is 0.230 e. The number of benzene rings is 2. The van der Waals surface area contributed by atoms with E-state index in [4.69, 9.17) is 5.10 Å². The Hall–Kier alpha value is -2.53. The molecule has 0 fully saturated rings. The molecule has 4 nitrogen and oxygen atoms in total. The van der Waals surface area contributed by atoms with Gasteiger partial charge in [-0.25, -0.2) is 4.68 Å². The zero-order valence-electron chi connectivity index (χ0n) is 14.9. The molecule has 3 rings (SSSR count). The van der Waals surface area contributed by atoms with Gasteiger partial charge in [0.1, 0.15) is 0 Å². The zero-order chi connectivity index (χ0) is 18.2. The highest BCUT2D eigenvalue weighted by atomic mass is 32.2. The molecule has 1 aromatic heterocycles. The number of hydrogen-bond acceptors (Lipinski definition) is 3. The van der Waals surface area contributed by atoms with Crippen molar-refractivity contribution in [1.29, 1.82) is 0 Å². The molecular weight excluding hydrogens is 342 g/mol. The summed E-state index contributed by atoms with van der Waals surface area (Å²) in [5, 5.41) is 7.72. The van der Waals surface area contributed by atoms with Crippen LogP contribution in [0.5, 0.6) is 0 Å². The third kappa shape index (κ3) is 4.76. The second-order valence-corrected chi connectivity index (χ2v) is 6.98. The van der Waals surface area contributed by atoms with E-state index in [-0.39, 0.29) is 5.91 Å². The summed E-state index contributed by atoms with van der Waals surface area (Å²) >= 11 is 1.62. The lowest BCUT2D eigenvalue weighted by Crippen LogP contribution is -2.25. The summed E-state index contributed by atoms with van der Waals surface area (Å²) in [5.74, 6) is 1.30. The predicted octanol–water partition coefficient (Wildman–Crippen LogP) is 4.30. The molecule has 0 aliphatic heterocycles. The van der Waals surface area contributed by atoms with Crippen LogP contribution in [0.15, 0.2) is 66.9 Å². The molecule has 0 aliphatic rings. The van der Waals surface area contributed by atoms with Gasteiger partial charge in [0.15, 0.2) is 0 Å². The van der Waals surface area contributed by atoms with E-state index in [2.05, 4.69) is 30.6 Å². The first kappa shape index (κ1) is 18.3. The first-order valence-electron chi connectivity index (χ1n) is 8.81. The second-order valence-electron chi connectivity index (χ2n) is 5.99. The topological polar surface area (TPSA) is 46.9 Å². The lowest BCUT2D eigenvalue weighted by atomic mass is 10.1. The Balaban J connectivity index is 1.79. The number of amides is 1. The second kappa shape index (κ2) is 9.25. The van der Waals surface area contributed by atoms with Crippen LogP contribution in [-0.2, 0) is 10.5 Å². The quantitative estimate of drug-likeness (QED) is 0.647. The van der Waals surface area contributed by atoms with E-state index in [1.807, 2.05) is 53.2 Å². The molecule has 134 valence electrons. The Morgan fingerprint density at radius 3 is 2.46 bits per heavy atom. The Kier molecular flexibility index (Phi) is 6.50. The first-order chi connectivity index (χ1) is 12.8. The smallest absolute Gasteiger partial charge is 0.230 e. The van der Waals surface area contributed by atoms with Crippen molar-refractivity contribution < 1.29 is 4.79 Å². The average Bonchev–Trinajstić information content (AvgIpc) is 3.12. The molecule has 1 heterocycles. The molecule has 0 bridgehead atoms. The third-order valence-corrected chi connectivity index (χ3v) is 4.90. The number of nitrogens with zero attached hydrogens (tertiary/aromatic N) is 2. The molecule has 1 N–H and O–H groups in total. The normalized spacial score (nSPS) is 10.7. The van der Waals surface area contributed by atoms with Gasteiger partial charge < -0.3 is 5.32 Å². The van der Waals surface area contributed by atoms with Crippen LogP contribution < -0.4 is 5.32 Å². The highest BCUT2D eigenvalue weighted by molar-refractivity contribution is 7.99. The summed E-state index contributed by atoms with van der Waals surface area (Å²) < 4.78 is 1.91. The van der Waals surface area contributed by atoms with Gasteiger partial charge in [0.25, 0.3) is 0 Å². The molecular formula is C21H23N3OS. The maximum atomic E-state index is 11.8. The highest BCUT2D eigenvalue weighted by Crippen LogP contribution is 2.26. The van der Waals surface area contributed by atoms with E-state index in [9.17, 15) is 4.79 Å². The number of aromatic nitrogens is 2. The Morgan fingerprint density at radius 1 is 1.08 bits per heavy atom. The fraction of sp³-hybridized carbons (Fsp3) is 0.238. The van der Waals surface area contributed by atoms with Gasteiger partial charge in [-0.1, -0.05) is 55.5 Å². The summed E-state index contributed by atoms with van der Waals surface area (Å²) in [5.41, 5.74) is 4.22. The average molecular weight is 366 g/mol. The monoisotopic (exact) mass is 365 g/mol. The molecule has 0 spiro atoms. The van der Waals surface area contributed by atoms with Gasteiger partial charge in [0, 0.05) is 29.6 Å². The molecule has 0 aliphatic carbocycles. The van der Waals surface area contributed by atoms with Crippen LogP contribution in [0.25, 0.3) is 16.9 Å². The molecule has 0 atom stereocenters. The van der Waals surface area contributed by atoms with Crippen LogP contribution in [0.4, 0.5) is 0 Å². The number of hydrogen-bond donors (Lipinski definition) is 1. The van der Waals surface area contributed by atoms with Crippen LogP contribution in [0.2, 0.25) is 0 Å². The largest absolute Gasteiger partial charge is 0.355 e. The van der Waals surface area contributed by atoms with E-state index in [0.717, 1.165) is 41.2 Å². The van der Waals surface area contributed by atoms with Crippen molar-refractivity contribution in [3.63, 3.8) is 0 Å². The Labute approximate surface area is 158 Å². The number of nitrogens with one attached hydrogen (secondary N) is 1. The fourth-order valence-corrected chi connectivity index (χ4v) is 3.46.